The highest BCUT2D eigenvalue weighted by molar-refractivity contribution is 6.19. The number of rotatable bonds is 2. The fourth-order valence-electron chi connectivity index (χ4n) is 0.431. The Morgan fingerprint density at radius 2 is 1.44 bits per heavy atom. The maximum absolute atomic E-state index is 5.50. The van der Waals surface area contributed by atoms with Gasteiger partial charge in [-0.15, -0.1) is 28.9 Å². The van der Waals surface area contributed by atoms with Gasteiger partial charge in [-0.2, -0.15) is 0 Å². The van der Waals surface area contributed by atoms with E-state index in [0.717, 1.165) is 11.1 Å². The standard InChI is InChI=1S/C7H10Cl2/c1-6(4-8)3-7(2)5-9/h4-5H2,1-2H3. The van der Waals surface area contributed by atoms with E-state index in [1.165, 1.54) is 0 Å². The minimum absolute atomic E-state index is 0.536. The number of allylic oxidation sites excluding steroid dienone is 1. The van der Waals surface area contributed by atoms with Crippen LogP contribution in [0.25, 0.3) is 0 Å². The zero-order valence-electron chi connectivity index (χ0n) is 5.67. The molecule has 0 aromatic heterocycles. The fraction of sp³-hybridized carbons (Fsp3) is 0.571. The van der Waals surface area contributed by atoms with E-state index < -0.39 is 0 Å². The van der Waals surface area contributed by atoms with E-state index in [2.05, 4.69) is 5.73 Å². The second kappa shape index (κ2) is 4.93. The van der Waals surface area contributed by atoms with Gasteiger partial charge in [0.25, 0.3) is 0 Å². The third-order valence-electron chi connectivity index (χ3n) is 0.828. The molecule has 0 nitrogen and oxygen atoms in total. The van der Waals surface area contributed by atoms with E-state index >= 15 is 0 Å². The first-order valence-electron chi connectivity index (χ1n) is 2.74. The second-order valence-corrected chi connectivity index (χ2v) is 2.49. The van der Waals surface area contributed by atoms with Gasteiger partial charge in [-0.05, 0) is 25.0 Å². The summed E-state index contributed by atoms with van der Waals surface area (Å²) in [5.74, 6) is 1.07. The first-order valence-corrected chi connectivity index (χ1v) is 3.81. The Morgan fingerprint density at radius 1 is 1.11 bits per heavy atom. The van der Waals surface area contributed by atoms with Crippen LogP contribution in [0.4, 0.5) is 0 Å². The zero-order valence-corrected chi connectivity index (χ0v) is 7.18. The molecule has 0 rings (SSSR count). The summed E-state index contributed by atoms with van der Waals surface area (Å²) in [5, 5.41) is 0. The van der Waals surface area contributed by atoms with Crippen molar-refractivity contribution in [2.45, 2.75) is 13.8 Å². The van der Waals surface area contributed by atoms with Crippen LogP contribution >= 0.6 is 23.2 Å². The maximum Gasteiger partial charge on any atom is 0.0505 e. The molecular weight excluding hydrogens is 155 g/mol. The Labute approximate surface area is 66.2 Å². The molecular formula is C7H10Cl2. The lowest BCUT2D eigenvalue weighted by atomic mass is 10.3. The van der Waals surface area contributed by atoms with Crippen molar-refractivity contribution < 1.29 is 0 Å². The second-order valence-electron chi connectivity index (χ2n) is 1.95. The molecule has 0 bridgehead atoms. The zero-order chi connectivity index (χ0) is 7.28. The SMILES string of the molecule is CC(=C=C(C)CCl)CCl. The molecule has 0 fully saturated rings. The first kappa shape index (κ1) is 9.10. The molecule has 0 aliphatic carbocycles. The Morgan fingerprint density at radius 3 is 1.67 bits per heavy atom. The van der Waals surface area contributed by atoms with E-state index in [1.807, 2.05) is 13.8 Å². The van der Waals surface area contributed by atoms with Crippen molar-refractivity contribution in [2.24, 2.45) is 0 Å². The Kier molecular flexibility index (Phi) is 4.99. The average molecular weight is 165 g/mol. The number of hydrogen-bond acceptors (Lipinski definition) is 0. The van der Waals surface area contributed by atoms with Gasteiger partial charge in [0.05, 0.1) is 11.8 Å². The Hall–Kier alpha value is 0.100. The van der Waals surface area contributed by atoms with E-state index in [9.17, 15) is 0 Å². The highest BCUT2D eigenvalue weighted by atomic mass is 35.5. The summed E-state index contributed by atoms with van der Waals surface area (Å²) in [6.45, 7) is 3.87. The van der Waals surface area contributed by atoms with E-state index in [4.69, 9.17) is 23.2 Å². The van der Waals surface area contributed by atoms with Crippen molar-refractivity contribution >= 4 is 23.2 Å². The summed E-state index contributed by atoms with van der Waals surface area (Å²) in [6.07, 6.45) is 0. The maximum atomic E-state index is 5.50. The van der Waals surface area contributed by atoms with Crippen LogP contribution in [0.1, 0.15) is 13.8 Å². The molecule has 0 N–H and O–H groups in total. The highest BCUT2D eigenvalue weighted by Gasteiger charge is 1.83. The van der Waals surface area contributed by atoms with Crippen LogP contribution in [0.5, 0.6) is 0 Å². The normalized spacial score (nSPS) is 8.44. The summed E-state index contributed by atoms with van der Waals surface area (Å²) >= 11 is 11.0. The summed E-state index contributed by atoms with van der Waals surface area (Å²) < 4.78 is 0. The van der Waals surface area contributed by atoms with Gasteiger partial charge in [0, 0.05) is 0 Å². The Bertz CT molecular complexity index is 127. The van der Waals surface area contributed by atoms with Gasteiger partial charge in [-0.3, -0.25) is 0 Å². The van der Waals surface area contributed by atoms with Gasteiger partial charge in [0.1, 0.15) is 0 Å². The van der Waals surface area contributed by atoms with Gasteiger partial charge in [-0.1, -0.05) is 0 Å². The van der Waals surface area contributed by atoms with E-state index in [-0.39, 0.29) is 0 Å². The molecule has 0 aliphatic rings. The van der Waals surface area contributed by atoms with Crippen molar-refractivity contribution in [2.75, 3.05) is 11.8 Å². The molecule has 0 radical (unpaired) electrons. The van der Waals surface area contributed by atoms with Crippen LogP contribution in [0, 0.1) is 0 Å². The molecule has 0 aromatic rings. The number of alkyl halides is 2. The molecule has 0 spiro atoms. The Balaban J connectivity index is 4.19. The lowest BCUT2D eigenvalue weighted by molar-refractivity contribution is 1.35. The molecule has 2 heteroatoms. The van der Waals surface area contributed by atoms with Crippen LogP contribution in [-0.4, -0.2) is 11.8 Å². The molecule has 0 unspecified atom stereocenters. The molecule has 0 saturated heterocycles. The highest BCUT2D eigenvalue weighted by Crippen LogP contribution is 1.98. The van der Waals surface area contributed by atoms with E-state index in [0.29, 0.717) is 11.8 Å². The smallest absolute Gasteiger partial charge is 0.0505 e. The van der Waals surface area contributed by atoms with Crippen molar-refractivity contribution in [3.63, 3.8) is 0 Å². The van der Waals surface area contributed by atoms with Crippen LogP contribution < -0.4 is 0 Å². The van der Waals surface area contributed by atoms with Crippen molar-refractivity contribution in [1.29, 1.82) is 0 Å². The van der Waals surface area contributed by atoms with E-state index in [1.54, 1.807) is 0 Å². The summed E-state index contributed by atoms with van der Waals surface area (Å²) in [4.78, 5) is 0. The van der Waals surface area contributed by atoms with Gasteiger partial charge >= 0.3 is 0 Å². The van der Waals surface area contributed by atoms with Gasteiger partial charge in [0.15, 0.2) is 0 Å². The lowest BCUT2D eigenvalue weighted by Crippen LogP contribution is -1.76. The molecule has 0 aliphatic heterocycles. The van der Waals surface area contributed by atoms with Crippen LogP contribution in [-0.2, 0) is 0 Å². The minimum Gasteiger partial charge on any atom is -0.121 e. The third-order valence-corrected chi connectivity index (χ3v) is 1.63. The largest absolute Gasteiger partial charge is 0.121 e. The van der Waals surface area contributed by atoms with Crippen LogP contribution in [0.2, 0.25) is 0 Å². The molecule has 0 aromatic carbocycles. The lowest BCUT2D eigenvalue weighted by Gasteiger charge is -1.87. The summed E-state index contributed by atoms with van der Waals surface area (Å²) in [6, 6.07) is 0. The molecule has 52 valence electrons. The summed E-state index contributed by atoms with van der Waals surface area (Å²) in [7, 11) is 0. The van der Waals surface area contributed by atoms with Gasteiger partial charge < -0.3 is 0 Å². The molecule has 9 heavy (non-hydrogen) atoms. The van der Waals surface area contributed by atoms with Crippen molar-refractivity contribution in [3.05, 3.63) is 16.9 Å². The summed E-state index contributed by atoms with van der Waals surface area (Å²) in [5.41, 5.74) is 5.12. The fourth-order valence-corrected chi connectivity index (χ4v) is 0.565. The van der Waals surface area contributed by atoms with Crippen LogP contribution in [0.15, 0.2) is 16.9 Å². The number of hydrogen-bond donors (Lipinski definition) is 0. The number of halogens is 2. The van der Waals surface area contributed by atoms with Crippen molar-refractivity contribution in [1.82, 2.24) is 0 Å². The first-order chi connectivity index (χ1) is 4.20. The average Bonchev–Trinajstić information content (AvgIpc) is 1.87. The van der Waals surface area contributed by atoms with Crippen molar-refractivity contribution in [3.8, 4) is 0 Å². The molecule has 0 heterocycles. The topological polar surface area (TPSA) is 0 Å². The van der Waals surface area contributed by atoms with Gasteiger partial charge in [-0.25, -0.2) is 0 Å². The predicted molar refractivity (Wildman–Crippen MR) is 43.3 cm³/mol. The molecule has 0 atom stereocenters. The third kappa shape index (κ3) is 4.59. The monoisotopic (exact) mass is 164 g/mol. The molecule has 0 amide bonds. The quantitative estimate of drug-likeness (QED) is 0.435. The van der Waals surface area contributed by atoms with Crippen LogP contribution in [0.3, 0.4) is 0 Å². The minimum atomic E-state index is 0.536. The molecule has 0 saturated carbocycles. The predicted octanol–water partition coefficient (Wildman–Crippen LogP) is 2.96. The van der Waals surface area contributed by atoms with Gasteiger partial charge in [0.2, 0.25) is 0 Å².